The van der Waals surface area contributed by atoms with Crippen molar-refractivity contribution in [1.82, 2.24) is 4.31 Å². The molecule has 0 aromatic heterocycles. The normalized spacial score (nSPS) is 22.8. The molecule has 1 fully saturated rings. The number of hydrogen-bond acceptors (Lipinski definition) is 3. The molecular weight excluding hydrogens is 374 g/mol. The van der Waals surface area contributed by atoms with E-state index >= 15 is 0 Å². The number of halogens is 1. The van der Waals surface area contributed by atoms with Gasteiger partial charge in [-0.1, -0.05) is 48.0 Å². The van der Waals surface area contributed by atoms with Crippen LogP contribution in [0.1, 0.15) is 16.5 Å². The Hall–Kier alpha value is -1.01. The first-order valence-corrected chi connectivity index (χ1v) is 11.4. The maximum Gasteiger partial charge on any atom is 0.243 e. The van der Waals surface area contributed by atoms with Gasteiger partial charge in [-0.05, 0) is 30.9 Å². The van der Waals surface area contributed by atoms with E-state index in [-0.39, 0.29) is 16.5 Å². The van der Waals surface area contributed by atoms with Crippen molar-refractivity contribution in [2.45, 2.75) is 22.4 Å². The fourth-order valence-electron chi connectivity index (χ4n) is 3.23. The number of thioether (sulfide) groups is 1. The Morgan fingerprint density at radius 2 is 1.72 bits per heavy atom. The van der Waals surface area contributed by atoms with Gasteiger partial charge in [0.05, 0.1) is 10.3 Å². The average Bonchev–Trinajstić information content (AvgIpc) is 3.07. The second kappa shape index (κ2) is 7.70. The Balaban J connectivity index is 1.84. The van der Waals surface area contributed by atoms with Gasteiger partial charge < -0.3 is 0 Å². The predicted molar refractivity (Wildman–Crippen MR) is 106 cm³/mol. The second-order valence-corrected chi connectivity index (χ2v) is 9.87. The van der Waals surface area contributed by atoms with Crippen LogP contribution in [-0.2, 0) is 10.0 Å². The molecule has 0 aliphatic carbocycles. The summed E-state index contributed by atoms with van der Waals surface area (Å²) in [7, 11) is -3.49. The minimum atomic E-state index is -3.49. The molecule has 0 N–H and O–H groups in total. The third-order valence-electron chi connectivity index (χ3n) is 4.73. The van der Waals surface area contributed by atoms with Gasteiger partial charge in [0.2, 0.25) is 10.0 Å². The molecule has 1 heterocycles. The molecule has 3 unspecified atom stereocenters. The third kappa shape index (κ3) is 3.90. The summed E-state index contributed by atoms with van der Waals surface area (Å²) in [5.41, 5.74) is 2.09. The monoisotopic (exact) mass is 395 g/mol. The van der Waals surface area contributed by atoms with Crippen molar-refractivity contribution in [1.29, 1.82) is 0 Å². The van der Waals surface area contributed by atoms with E-state index in [4.69, 9.17) is 11.6 Å². The molecule has 0 radical (unpaired) electrons. The summed E-state index contributed by atoms with van der Waals surface area (Å²) in [4.78, 5) is 0.351. The van der Waals surface area contributed by atoms with E-state index in [9.17, 15) is 8.42 Å². The molecule has 1 saturated heterocycles. The smallest absolute Gasteiger partial charge is 0.207 e. The van der Waals surface area contributed by atoms with Crippen molar-refractivity contribution in [3.8, 4) is 0 Å². The number of alkyl halides is 1. The van der Waals surface area contributed by atoms with E-state index in [1.807, 2.05) is 55.6 Å². The molecular formula is C19H22ClNO2S2. The van der Waals surface area contributed by atoms with Crippen LogP contribution >= 0.6 is 23.4 Å². The van der Waals surface area contributed by atoms with Gasteiger partial charge in [-0.2, -0.15) is 16.1 Å². The van der Waals surface area contributed by atoms with Crippen LogP contribution in [0.3, 0.4) is 0 Å². The Morgan fingerprint density at radius 3 is 2.32 bits per heavy atom. The van der Waals surface area contributed by atoms with Gasteiger partial charge in [0.1, 0.15) is 0 Å². The number of sulfonamides is 1. The maximum absolute atomic E-state index is 13.0. The van der Waals surface area contributed by atoms with Crippen LogP contribution in [0.2, 0.25) is 0 Å². The van der Waals surface area contributed by atoms with Gasteiger partial charge >= 0.3 is 0 Å². The summed E-state index contributed by atoms with van der Waals surface area (Å²) >= 11 is 8.42. The van der Waals surface area contributed by atoms with E-state index in [2.05, 4.69) is 0 Å². The van der Waals surface area contributed by atoms with Gasteiger partial charge in [-0.3, -0.25) is 0 Å². The SMILES string of the molecule is CSC1CN(S(=O)(=O)c2ccc(C)cc2)CC1C(Cl)c1ccccc1. The highest BCUT2D eigenvalue weighted by molar-refractivity contribution is 7.99. The molecule has 2 aromatic carbocycles. The summed E-state index contributed by atoms with van der Waals surface area (Å²) in [6.07, 6.45) is 2.02. The topological polar surface area (TPSA) is 37.4 Å². The Labute approximate surface area is 159 Å². The Bertz CT molecular complexity index is 809. The van der Waals surface area contributed by atoms with E-state index < -0.39 is 10.0 Å². The molecule has 25 heavy (non-hydrogen) atoms. The fourth-order valence-corrected chi connectivity index (χ4v) is 6.24. The summed E-state index contributed by atoms with van der Waals surface area (Å²) in [5.74, 6) is 0.0827. The summed E-state index contributed by atoms with van der Waals surface area (Å²) in [6.45, 7) is 2.90. The van der Waals surface area contributed by atoms with E-state index in [1.165, 1.54) is 0 Å². The van der Waals surface area contributed by atoms with Crippen LogP contribution < -0.4 is 0 Å². The second-order valence-electron chi connectivity index (χ2n) is 6.39. The minimum absolute atomic E-state index is 0.0827. The highest BCUT2D eigenvalue weighted by Crippen LogP contribution is 2.41. The van der Waals surface area contributed by atoms with Crippen molar-refractivity contribution in [2.24, 2.45) is 5.92 Å². The minimum Gasteiger partial charge on any atom is -0.207 e. The molecule has 3 atom stereocenters. The lowest BCUT2D eigenvalue weighted by Gasteiger charge is -2.22. The number of rotatable bonds is 5. The van der Waals surface area contributed by atoms with E-state index in [0.29, 0.717) is 18.0 Å². The van der Waals surface area contributed by atoms with Crippen LogP contribution in [0.15, 0.2) is 59.5 Å². The summed E-state index contributed by atoms with van der Waals surface area (Å²) in [6, 6.07) is 16.9. The van der Waals surface area contributed by atoms with Gasteiger partial charge in [0, 0.05) is 24.3 Å². The summed E-state index contributed by atoms with van der Waals surface area (Å²) in [5, 5.41) is -0.0141. The molecule has 2 aromatic rings. The number of nitrogens with zero attached hydrogens (tertiary/aromatic N) is 1. The number of aryl methyl sites for hydroxylation is 1. The lowest BCUT2D eigenvalue weighted by Crippen LogP contribution is -2.29. The zero-order chi connectivity index (χ0) is 18.0. The molecule has 3 rings (SSSR count). The average molecular weight is 396 g/mol. The molecule has 0 spiro atoms. The van der Waals surface area contributed by atoms with Crippen molar-refractivity contribution >= 4 is 33.4 Å². The van der Waals surface area contributed by atoms with Gasteiger partial charge in [-0.15, -0.1) is 11.6 Å². The first-order valence-electron chi connectivity index (χ1n) is 8.22. The fraction of sp³-hybridized carbons (Fsp3) is 0.368. The zero-order valence-electron chi connectivity index (χ0n) is 14.3. The molecule has 0 saturated carbocycles. The highest BCUT2D eigenvalue weighted by Gasteiger charge is 2.42. The quantitative estimate of drug-likeness (QED) is 0.707. The van der Waals surface area contributed by atoms with Crippen molar-refractivity contribution < 1.29 is 8.42 Å². The van der Waals surface area contributed by atoms with Crippen LogP contribution in [0.25, 0.3) is 0 Å². The number of benzene rings is 2. The predicted octanol–water partition coefficient (Wildman–Crippen LogP) is 4.33. The van der Waals surface area contributed by atoms with Gasteiger partial charge in [0.15, 0.2) is 0 Å². The van der Waals surface area contributed by atoms with Crippen LogP contribution in [0.5, 0.6) is 0 Å². The lowest BCUT2D eigenvalue weighted by atomic mass is 9.98. The van der Waals surface area contributed by atoms with Crippen LogP contribution in [-0.4, -0.2) is 37.3 Å². The zero-order valence-corrected chi connectivity index (χ0v) is 16.7. The molecule has 0 amide bonds. The molecule has 3 nitrogen and oxygen atoms in total. The van der Waals surface area contributed by atoms with E-state index in [1.54, 1.807) is 28.2 Å². The van der Waals surface area contributed by atoms with E-state index in [0.717, 1.165) is 11.1 Å². The van der Waals surface area contributed by atoms with Crippen molar-refractivity contribution in [3.05, 3.63) is 65.7 Å². The lowest BCUT2D eigenvalue weighted by molar-refractivity contribution is 0.452. The third-order valence-corrected chi connectivity index (χ3v) is 8.26. The van der Waals surface area contributed by atoms with Crippen molar-refractivity contribution in [2.75, 3.05) is 19.3 Å². The first kappa shape index (κ1) is 18.8. The molecule has 1 aliphatic heterocycles. The molecule has 1 aliphatic rings. The Morgan fingerprint density at radius 1 is 1.08 bits per heavy atom. The first-order chi connectivity index (χ1) is 11.9. The molecule has 134 valence electrons. The maximum atomic E-state index is 13.0. The molecule has 0 bridgehead atoms. The summed E-state index contributed by atoms with van der Waals surface area (Å²) < 4.78 is 27.6. The van der Waals surface area contributed by atoms with Crippen molar-refractivity contribution in [3.63, 3.8) is 0 Å². The van der Waals surface area contributed by atoms with Crippen LogP contribution in [0.4, 0.5) is 0 Å². The largest absolute Gasteiger partial charge is 0.243 e. The van der Waals surface area contributed by atoms with Crippen LogP contribution in [0, 0.1) is 12.8 Å². The Kier molecular flexibility index (Phi) is 5.78. The van der Waals surface area contributed by atoms with Gasteiger partial charge in [-0.25, -0.2) is 8.42 Å². The molecule has 6 heteroatoms. The standard InChI is InChI=1S/C19H22ClNO2S2/c1-14-8-10-16(11-9-14)25(22,23)21-12-17(18(13-21)24-2)19(20)15-6-4-3-5-7-15/h3-11,17-19H,12-13H2,1-2H3. The van der Waals surface area contributed by atoms with Gasteiger partial charge in [0.25, 0.3) is 0 Å². The number of hydrogen-bond donors (Lipinski definition) is 0. The highest BCUT2D eigenvalue weighted by atomic mass is 35.5.